The molecule has 2 atom stereocenters. The minimum atomic E-state index is -0.377. The maximum Gasteiger partial charge on any atom is 0.226 e. The predicted octanol–water partition coefficient (Wildman–Crippen LogP) is 4.63. The molecular formula is C25H21N5O2. The quantitative estimate of drug-likeness (QED) is 0.516. The second kappa shape index (κ2) is 7.53. The molecule has 0 aliphatic carbocycles. The molecule has 1 N–H and O–H groups in total. The summed E-state index contributed by atoms with van der Waals surface area (Å²) in [5, 5.41) is 8.06. The van der Waals surface area contributed by atoms with Crippen LogP contribution in [0.2, 0.25) is 0 Å². The summed E-state index contributed by atoms with van der Waals surface area (Å²) >= 11 is 0. The number of ether oxygens (including phenoxy) is 2. The van der Waals surface area contributed by atoms with Gasteiger partial charge in [0.1, 0.15) is 23.9 Å². The zero-order chi connectivity index (χ0) is 21.5. The third-order valence-electron chi connectivity index (χ3n) is 5.82. The van der Waals surface area contributed by atoms with Crippen molar-refractivity contribution in [3.8, 4) is 11.5 Å². The third-order valence-corrected chi connectivity index (χ3v) is 5.82. The number of para-hydroxylation sites is 2. The number of pyridine rings is 1. The average molecular weight is 423 g/mol. The van der Waals surface area contributed by atoms with E-state index in [9.17, 15) is 0 Å². The summed E-state index contributed by atoms with van der Waals surface area (Å²) in [4.78, 5) is 8.84. The number of fused-ring (bicyclic) bond motifs is 3. The lowest BCUT2D eigenvalue weighted by molar-refractivity contribution is 0.215. The van der Waals surface area contributed by atoms with E-state index in [0.29, 0.717) is 12.6 Å². The zero-order valence-electron chi connectivity index (χ0n) is 17.5. The Kier molecular flexibility index (Phi) is 4.38. The van der Waals surface area contributed by atoms with Crippen LogP contribution in [0.4, 0.5) is 5.95 Å². The molecule has 2 aromatic heterocycles. The fraction of sp³-hybridized carbons (Fsp3) is 0.160. The molecular weight excluding hydrogens is 402 g/mol. The van der Waals surface area contributed by atoms with Crippen molar-refractivity contribution in [2.45, 2.75) is 19.1 Å². The topological polar surface area (TPSA) is 74.1 Å². The van der Waals surface area contributed by atoms with E-state index in [2.05, 4.69) is 38.6 Å². The lowest BCUT2D eigenvalue weighted by Crippen LogP contribution is -2.32. The molecule has 0 fully saturated rings. The highest BCUT2D eigenvalue weighted by molar-refractivity contribution is 5.85. The molecule has 0 unspecified atom stereocenters. The Hall–Kier alpha value is -4.13. The molecule has 0 amide bonds. The molecule has 7 heteroatoms. The zero-order valence-corrected chi connectivity index (χ0v) is 17.5. The number of hydrogen-bond acceptors (Lipinski definition) is 6. The minimum Gasteiger partial charge on any atom is -0.493 e. The fourth-order valence-electron chi connectivity index (χ4n) is 4.52. The van der Waals surface area contributed by atoms with Crippen molar-refractivity contribution >= 4 is 11.6 Å². The second-order valence-electron chi connectivity index (χ2n) is 7.64. The molecule has 0 spiro atoms. The van der Waals surface area contributed by atoms with Gasteiger partial charge in [0.05, 0.1) is 12.3 Å². The fourth-order valence-corrected chi connectivity index (χ4v) is 4.52. The Bertz CT molecular complexity index is 1310. The lowest BCUT2D eigenvalue weighted by atomic mass is 9.85. The Labute approximate surface area is 185 Å². The van der Waals surface area contributed by atoms with Gasteiger partial charge in [-0.3, -0.25) is 4.98 Å². The van der Waals surface area contributed by atoms with Gasteiger partial charge in [-0.15, -0.1) is 0 Å². The first-order valence-electron chi connectivity index (χ1n) is 10.6. The van der Waals surface area contributed by atoms with Crippen molar-refractivity contribution in [2.75, 3.05) is 11.9 Å². The van der Waals surface area contributed by atoms with E-state index in [1.807, 2.05) is 60.3 Å². The van der Waals surface area contributed by atoms with Gasteiger partial charge in [0, 0.05) is 29.1 Å². The van der Waals surface area contributed by atoms with Gasteiger partial charge in [-0.05, 0) is 36.8 Å². The van der Waals surface area contributed by atoms with Crippen LogP contribution >= 0.6 is 0 Å². The summed E-state index contributed by atoms with van der Waals surface area (Å²) in [6.07, 6.45) is 4.84. The number of rotatable bonds is 4. The van der Waals surface area contributed by atoms with Crippen molar-refractivity contribution in [1.82, 2.24) is 19.7 Å². The van der Waals surface area contributed by atoms with Gasteiger partial charge in [-0.2, -0.15) is 10.1 Å². The van der Waals surface area contributed by atoms with Crippen molar-refractivity contribution in [2.24, 2.45) is 0 Å². The number of nitrogens with one attached hydrogen (secondary N) is 1. The molecule has 2 aliphatic rings. The molecule has 4 heterocycles. The van der Waals surface area contributed by atoms with E-state index in [4.69, 9.17) is 9.47 Å². The predicted molar refractivity (Wildman–Crippen MR) is 120 cm³/mol. The molecule has 2 aliphatic heterocycles. The summed E-state index contributed by atoms with van der Waals surface area (Å²) in [5.74, 6) is 2.31. The Balaban J connectivity index is 1.63. The van der Waals surface area contributed by atoms with Crippen molar-refractivity contribution in [3.63, 3.8) is 0 Å². The molecule has 0 radical (unpaired) electrons. The molecule has 6 rings (SSSR count). The van der Waals surface area contributed by atoms with Crippen LogP contribution in [0.15, 0.2) is 85.0 Å². The van der Waals surface area contributed by atoms with E-state index < -0.39 is 0 Å². The van der Waals surface area contributed by atoms with Gasteiger partial charge < -0.3 is 14.8 Å². The van der Waals surface area contributed by atoms with E-state index >= 15 is 0 Å². The first kappa shape index (κ1) is 18.6. The van der Waals surface area contributed by atoms with Crippen LogP contribution in [0, 0.1) is 0 Å². The molecule has 4 aromatic rings. The SMILES string of the molecule is CCOc1ccccc1[C@@H]1Oc2ccccc2C2=C1[C@@H](c1cccnc1)n1ncnc1N2. The van der Waals surface area contributed by atoms with Gasteiger partial charge in [-0.25, -0.2) is 4.68 Å². The molecule has 32 heavy (non-hydrogen) atoms. The first-order chi connectivity index (χ1) is 15.8. The van der Waals surface area contributed by atoms with Crippen molar-refractivity contribution in [1.29, 1.82) is 0 Å². The maximum absolute atomic E-state index is 6.66. The summed E-state index contributed by atoms with van der Waals surface area (Å²) in [7, 11) is 0. The average Bonchev–Trinajstić information content (AvgIpc) is 3.32. The molecule has 0 saturated carbocycles. The van der Waals surface area contributed by atoms with Crippen LogP contribution in [0.3, 0.4) is 0 Å². The monoisotopic (exact) mass is 423 g/mol. The molecule has 158 valence electrons. The van der Waals surface area contributed by atoms with Crippen LogP contribution in [0.5, 0.6) is 11.5 Å². The van der Waals surface area contributed by atoms with Crippen LogP contribution < -0.4 is 14.8 Å². The van der Waals surface area contributed by atoms with E-state index in [1.54, 1.807) is 12.5 Å². The smallest absolute Gasteiger partial charge is 0.226 e. The number of anilines is 1. The lowest BCUT2D eigenvalue weighted by Gasteiger charge is -2.39. The van der Waals surface area contributed by atoms with Crippen molar-refractivity contribution in [3.05, 3.63) is 102 Å². The van der Waals surface area contributed by atoms with Gasteiger partial charge in [0.2, 0.25) is 5.95 Å². The minimum absolute atomic E-state index is 0.231. The van der Waals surface area contributed by atoms with Crippen LogP contribution in [0.1, 0.15) is 35.8 Å². The van der Waals surface area contributed by atoms with E-state index in [0.717, 1.165) is 39.5 Å². The summed E-state index contributed by atoms with van der Waals surface area (Å²) < 4.78 is 14.5. The van der Waals surface area contributed by atoms with Crippen molar-refractivity contribution < 1.29 is 9.47 Å². The first-order valence-corrected chi connectivity index (χ1v) is 10.6. The highest BCUT2D eigenvalue weighted by atomic mass is 16.5. The molecule has 0 bridgehead atoms. The van der Waals surface area contributed by atoms with Gasteiger partial charge in [-0.1, -0.05) is 36.4 Å². The maximum atomic E-state index is 6.66. The Morgan fingerprint density at radius 1 is 1.06 bits per heavy atom. The Morgan fingerprint density at radius 3 is 2.81 bits per heavy atom. The largest absolute Gasteiger partial charge is 0.493 e. The van der Waals surface area contributed by atoms with Gasteiger partial charge in [0.15, 0.2) is 6.10 Å². The van der Waals surface area contributed by atoms with E-state index in [1.165, 1.54) is 0 Å². The summed E-state index contributed by atoms with van der Waals surface area (Å²) in [6.45, 7) is 2.56. The summed E-state index contributed by atoms with van der Waals surface area (Å²) in [6, 6.07) is 19.9. The molecule has 7 nitrogen and oxygen atoms in total. The van der Waals surface area contributed by atoms with Crippen LogP contribution in [-0.2, 0) is 0 Å². The highest BCUT2D eigenvalue weighted by Crippen LogP contribution is 2.51. The normalized spacial score (nSPS) is 18.7. The molecule has 2 aromatic carbocycles. The van der Waals surface area contributed by atoms with Crippen LogP contribution in [0.25, 0.3) is 5.70 Å². The van der Waals surface area contributed by atoms with Crippen LogP contribution in [-0.4, -0.2) is 26.4 Å². The van der Waals surface area contributed by atoms with Gasteiger partial charge >= 0.3 is 0 Å². The number of benzene rings is 2. The number of nitrogens with zero attached hydrogens (tertiary/aromatic N) is 4. The highest BCUT2D eigenvalue weighted by Gasteiger charge is 2.41. The summed E-state index contributed by atoms with van der Waals surface area (Å²) in [5.41, 5.74) is 5.00. The Morgan fingerprint density at radius 2 is 1.94 bits per heavy atom. The third kappa shape index (κ3) is 2.85. The van der Waals surface area contributed by atoms with E-state index in [-0.39, 0.29) is 12.1 Å². The standard InChI is InChI=1S/C25H21N5O2/c1-2-31-19-11-5-4-10-18(19)24-21-22(17-9-3-6-12-20(17)32-24)29-25-27-15-28-30(25)23(21)16-8-7-13-26-14-16/h3-15,23-24H,2H2,1H3,(H,27,28,29)/t23-,24+/m1/s1. The van der Waals surface area contributed by atoms with Gasteiger partial charge in [0.25, 0.3) is 0 Å². The number of aromatic nitrogens is 4. The molecule has 0 saturated heterocycles. The second-order valence-corrected chi connectivity index (χ2v) is 7.64. The number of hydrogen-bond donors (Lipinski definition) is 1.